The van der Waals surface area contributed by atoms with Crippen LogP contribution in [0, 0.1) is 0 Å². The monoisotopic (exact) mass is 369 g/mol. The van der Waals surface area contributed by atoms with Gasteiger partial charge in [0.05, 0.1) is 6.26 Å². The molecule has 0 rings (SSSR count). The fourth-order valence-corrected chi connectivity index (χ4v) is 2.88. The van der Waals surface area contributed by atoms with Crippen molar-refractivity contribution in [3.8, 4) is 0 Å². The van der Waals surface area contributed by atoms with Crippen LogP contribution in [0.3, 0.4) is 0 Å². The molecule has 6 heteroatoms. The van der Waals surface area contributed by atoms with Gasteiger partial charge in [0.25, 0.3) is 0 Å². The van der Waals surface area contributed by atoms with Crippen LogP contribution in [-0.4, -0.2) is 0 Å². The van der Waals surface area contributed by atoms with Crippen molar-refractivity contribution in [1.29, 1.82) is 0 Å². The third-order valence-electron chi connectivity index (χ3n) is 4.01. The summed E-state index contributed by atoms with van der Waals surface area (Å²) in [5, 5.41) is 0. The van der Waals surface area contributed by atoms with E-state index in [1.807, 2.05) is 0 Å². The molecule has 0 aliphatic heterocycles. The molecule has 0 radical (unpaired) electrons. The Labute approximate surface area is 171 Å². The Kier molecular flexibility index (Phi) is 22.4. The summed E-state index contributed by atoms with van der Waals surface area (Å²) in [4.78, 5) is 20.4. The minimum Gasteiger partial charge on any atom is -0.780 e. The van der Waals surface area contributed by atoms with Gasteiger partial charge in [-0.3, -0.25) is 0 Å². The summed E-state index contributed by atoms with van der Waals surface area (Å²) in [6, 6.07) is 0. The van der Waals surface area contributed by atoms with E-state index in [0.29, 0.717) is 0 Å². The number of rotatable bonds is 17. The van der Waals surface area contributed by atoms with Gasteiger partial charge >= 0.3 is 29.6 Å². The SMILES string of the molecule is CCCCCCCCCCCCCCCCC=COP(=O)([O-])[O-].[Na+]. The van der Waals surface area contributed by atoms with Gasteiger partial charge in [0, 0.05) is 0 Å². The minimum absolute atomic E-state index is 0. The van der Waals surface area contributed by atoms with Gasteiger partial charge in [-0.05, 0) is 18.9 Å². The average molecular weight is 369 g/mol. The Morgan fingerprint density at radius 1 is 0.750 bits per heavy atom. The molecule has 0 aliphatic carbocycles. The van der Waals surface area contributed by atoms with Gasteiger partial charge in [0.15, 0.2) is 0 Å². The van der Waals surface area contributed by atoms with Crippen LogP contribution in [0.4, 0.5) is 0 Å². The van der Waals surface area contributed by atoms with E-state index >= 15 is 0 Å². The zero-order chi connectivity index (χ0) is 17.2. The van der Waals surface area contributed by atoms with Crippen molar-refractivity contribution in [2.45, 2.75) is 103 Å². The van der Waals surface area contributed by atoms with E-state index in [1.165, 1.54) is 77.0 Å². The van der Waals surface area contributed by atoms with E-state index < -0.39 is 7.82 Å². The van der Waals surface area contributed by atoms with Gasteiger partial charge in [-0.15, -0.1) is 0 Å². The summed E-state index contributed by atoms with van der Waals surface area (Å²) in [5.74, 6) is 0. The first-order chi connectivity index (χ1) is 11.1. The number of unbranched alkanes of at least 4 members (excludes halogenated alkanes) is 14. The summed E-state index contributed by atoms with van der Waals surface area (Å²) < 4.78 is 14.2. The molecule has 0 aliphatic rings. The maximum atomic E-state index is 10.2. The molecular weight excluding hydrogens is 334 g/mol. The first kappa shape index (κ1) is 26.9. The molecule has 0 spiro atoms. The third-order valence-corrected chi connectivity index (χ3v) is 4.39. The number of phosphoric acid groups is 1. The van der Waals surface area contributed by atoms with Crippen molar-refractivity contribution < 1.29 is 48.4 Å². The normalized spacial score (nSPS) is 11.6. The van der Waals surface area contributed by atoms with Crippen molar-refractivity contribution in [1.82, 2.24) is 0 Å². The van der Waals surface area contributed by atoms with Gasteiger partial charge in [-0.1, -0.05) is 90.4 Å². The second-order valence-electron chi connectivity index (χ2n) is 6.31. The molecule has 0 fully saturated rings. The average Bonchev–Trinajstić information content (AvgIpc) is 2.49. The standard InChI is InChI=1S/C18H37O4P.Na/c1-2-3-4-5-6-7-8-9-10-11-12-13-14-15-16-17-18-22-23(19,20)21;/h17-18H,2-16H2,1H3,(H2,19,20,21);/q;+1/p-2. The fourth-order valence-electron chi connectivity index (χ4n) is 2.64. The smallest absolute Gasteiger partial charge is 0.780 e. The van der Waals surface area contributed by atoms with Gasteiger partial charge in [0.2, 0.25) is 0 Å². The number of hydrogen-bond acceptors (Lipinski definition) is 4. The largest absolute Gasteiger partial charge is 1.00 e. The Bertz CT molecular complexity index is 318. The number of allylic oxidation sites excluding steroid dienone is 1. The molecule has 0 saturated heterocycles. The number of hydrogen-bond donors (Lipinski definition) is 0. The topological polar surface area (TPSA) is 72.4 Å². The van der Waals surface area contributed by atoms with Crippen LogP contribution in [0.15, 0.2) is 12.3 Å². The van der Waals surface area contributed by atoms with Gasteiger partial charge in [-0.25, -0.2) is 0 Å². The molecule has 0 N–H and O–H groups in total. The predicted molar refractivity (Wildman–Crippen MR) is 92.8 cm³/mol. The van der Waals surface area contributed by atoms with E-state index in [-0.39, 0.29) is 29.6 Å². The van der Waals surface area contributed by atoms with E-state index in [9.17, 15) is 14.4 Å². The quantitative estimate of drug-likeness (QED) is 0.171. The molecule has 0 amide bonds. The van der Waals surface area contributed by atoms with Crippen molar-refractivity contribution in [2.24, 2.45) is 0 Å². The summed E-state index contributed by atoms with van der Waals surface area (Å²) in [6.07, 6.45) is 21.8. The summed E-state index contributed by atoms with van der Waals surface area (Å²) in [5.41, 5.74) is 0. The molecule has 0 unspecified atom stereocenters. The molecule has 0 heterocycles. The summed E-state index contributed by atoms with van der Waals surface area (Å²) in [6.45, 7) is 2.26. The third kappa shape index (κ3) is 24.9. The predicted octanol–water partition coefficient (Wildman–Crippen LogP) is 2.22. The Balaban J connectivity index is 0. The van der Waals surface area contributed by atoms with Crippen molar-refractivity contribution in [2.75, 3.05) is 0 Å². The van der Waals surface area contributed by atoms with Crippen LogP contribution in [0.25, 0.3) is 0 Å². The molecule has 0 aromatic carbocycles. The second-order valence-corrected chi connectivity index (χ2v) is 7.41. The van der Waals surface area contributed by atoms with E-state index in [2.05, 4.69) is 11.4 Å². The van der Waals surface area contributed by atoms with Gasteiger partial charge in [0.1, 0.15) is 7.82 Å². The molecule has 138 valence electrons. The summed E-state index contributed by atoms with van der Waals surface area (Å²) in [7, 11) is -4.84. The number of phosphoric ester groups is 1. The van der Waals surface area contributed by atoms with Crippen molar-refractivity contribution >= 4 is 7.82 Å². The van der Waals surface area contributed by atoms with E-state index in [1.54, 1.807) is 6.08 Å². The molecule has 24 heavy (non-hydrogen) atoms. The van der Waals surface area contributed by atoms with Gasteiger partial charge < -0.3 is 18.9 Å². The minimum atomic E-state index is -4.84. The van der Waals surface area contributed by atoms with Gasteiger partial charge in [-0.2, -0.15) is 0 Å². The van der Waals surface area contributed by atoms with Crippen LogP contribution < -0.4 is 39.3 Å². The van der Waals surface area contributed by atoms with Crippen LogP contribution in [0.5, 0.6) is 0 Å². The molecule has 0 atom stereocenters. The zero-order valence-corrected chi connectivity index (χ0v) is 18.7. The van der Waals surface area contributed by atoms with Crippen LogP contribution in [-0.2, 0) is 9.09 Å². The molecular formula is C18H35NaO4P-. The first-order valence-electron chi connectivity index (χ1n) is 9.41. The molecule has 0 bridgehead atoms. The van der Waals surface area contributed by atoms with Crippen molar-refractivity contribution in [3.05, 3.63) is 12.3 Å². The maximum absolute atomic E-state index is 10.2. The molecule has 0 aromatic rings. The van der Waals surface area contributed by atoms with Crippen LogP contribution in [0.2, 0.25) is 0 Å². The Morgan fingerprint density at radius 2 is 1.12 bits per heavy atom. The summed E-state index contributed by atoms with van der Waals surface area (Å²) >= 11 is 0. The molecule has 4 nitrogen and oxygen atoms in total. The van der Waals surface area contributed by atoms with E-state index in [0.717, 1.165) is 25.5 Å². The Morgan fingerprint density at radius 3 is 1.50 bits per heavy atom. The first-order valence-corrected chi connectivity index (χ1v) is 10.9. The van der Waals surface area contributed by atoms with Crippen LogP contribution in [0.1, 0.15) is 103 Å². The molecule has 0 saturated carbocycles. The fraction of sp³-hybridized carbons (Fsp3) is 0.889. The Hall–Kier alpha value is 0.690. The molecule has 0 aromatic heterocycles. The maximum Gasteiger partial charge on any atom is 1.00 e. The van der Waals surface area contributed by atoms with E-state index in [4.69, 9.17) is 0 Å². The van der Waals surface area contributed by atoms with Crippen molar-refractivity contribution in [3.63, 3.8) is 0 Å². The van der Waals surface area contributed by atoms with Crippen LogP contribution >= 0.6 is 7.82 Å². The second kappa shape index (κ2) is 20.0. The zero-order valence-electron chi connectivity index (χ0n) is 15.8.